The molecule has 0 saturated carbocycles. The second-order valence-corrected chi connectivity index (χ2v) is 7.19. The van der Waals surface area contributed by atoms with E-state index in [1.54, 1.807) is 19.9 Å². The maximum atomic E-state index is 12.4. The Morgan fingerprint density at radius 3 is 2.62 bits per heavy atom. The number of hydrogen-bond donors (Lipinski definition) is 2. The monoisotopic (exact) mass is 405 g/mol. The third-order valence-corrected chi connectivity index (χ3v) is 4.32. The number of esters is 1. The lowest BCUT2D eigenvalue weighted by Crippen LogP contribution is -2.41. The lowest BCUT2D eigenvalue weighted by atomic mass is 10.1. The van der Waals surface area contributed by atoms with E-state index in [9.17, 15) is 19.2 Å². The molecule has 1 saturated heterocycles. The molecule has 1 aliphatic heterocycles. The molecule has 0 unspecified atom stereocenters. The molecule has 0 spiro atoms. The number of aryl methyl sites for hydroxylation is 1. The summed E-state index contributed by atoms with van der Waals surface area (Å²) in [5.74, 6) is -1.90. The van der Waals surface area contributed by atoms with Gasteiger partial charge < -0.3 is 25.0 Å². The van der Waals surface area contributed by atoms with Crippen molar-refractivity contribution < 1.29 is 28.7 Å². The van der Waals surface area contributed by atoms with E-state index in [0.717, 1.165) is 5.56 Å². The van der Waals surface area contributed by atoms with Gasteiger partial charge in [-0.2, -0.15) is 0 Å². The standard InChI is InChI=1S/C20H27N3O6/c1-12(2)22-17(24)9-21-18(25)11-29-20(27)14-8-19(26)23(10-14)15-7-13(3)5-6-16(15)28-4/h5-7,12,14H,8-11H2,1-4H3,(H,21,25)(H,22,24)/t14-/m0/s1. The third-order valence-electron chi connectivity index (χ3n) is 4.32. The average molecular weight is 405 g/mol. The van der Waals surface area contributed by atoms with E-state index in [0.29, 0.717) is 11.4 Å². The van der Waals surface area contributed by atoms with Crippen molar-refractivity contribution in [3.05, 3.63) is 23.8 Å². The molecule has 0 bridgehead atoms. The van der Waals surface area contributed by atoms with Crippen molar-refractivity contribution in [3.63, 3.8) is 0 Å². The van der Waals surface area contributed by atoms with Gasteiger partial charge in [0, 0.05) is 19.0 Å². The fraction of sp³-hybridized carbons (Fsp3) is 0.500. The quantitative estimate of drug-likeness (QED) is 0.610. The molecule has 1 atom stereocenters. The molecular weight excluding hydrogens is 378 g/mol. The molecule has 158 valence electrons. The van der Waals surface area contributed by atoms with Crippen LogP contribution < -0.4 is 20.3 Å². The van der Waals surface area contributed by atoms with Crippen molar-refractivity contribution in [2.75, 3.05) is 31.7 Å². The van der Waals surface area contributed by atoms with Crippen molar-refractivity contribution in [2.45, 2.75) is 33.2 Å². The summed E-state index contributed by atoms with van der Waals surface area (Å²) in [6.07, 6.45) is -0.00561. The van der Waals surface area contributed by atoms with Gasteiger partial charge in [0.25, 0.3) is 5.91 Å². The van der Waals surface area contributed by atoms with Crippen LogP contribution in [0, 0.1) is 12.8 Å². The number of benzene rings is 1. The van der Waals surface area contributed by atoms with E-state index in [-0.39, 0.29) is 37.4 Å². The predicted octanol–water partition coefficient (Wildman–Crippen LogP) is 0.541. The minimum Gasteiger partial charge on any atom is -0.495 e. The number of nitrogens with one attached hydrogen (secondary N) is 2. The van der Waals surface area contributed by atoms with Gasteiger partial charge in [-0.3, -0.25) is 19.2 Å². The Hall–Kier alpha value is -3.10. The first-order valence-corrected chi connectivity index (χ1v) is 9.39. The highest BCUT2D eigenvalue weighted by Gasteiger charge is 2.37. The molecule has 3 amide bonds. The number of anilines is 1. The molecule has 1 aromatic carbocycles. The lowest BCUT2D eigenvalue weighted by Gasteiger charge is -2.20. The molecule has 9 nitrogen and oxygen atoms in total. The number of rotatable bonds is 8. The van der Waals surface area contributed by atoms with Crippen molar-refractivity contribution in [1.82, 2.24) is 10.6 Å². The Bertz CT molecular complexity index is 792. The van der Waals surface area contributed by atoms with Crippen LogP contribution in [-0.4, -0.2) is 56.5 Å². The van der Waals surface area contributed by atoms with Crippen LogP contribution in [0.5, 0.6) is 5.75 Å². The minimum atomic E-state index is -0.676. The van der Waals surface area contributed by atoms with Crippen molar-refractivity contribution in [1.29, 1.82) is 0 Å². The van der Waals surface area contributed by atoms with E-state index in [4.69, 9.17) is 9.47 Å². The number of nitrogens with zero attached hydrogens (tertiary/aromatic N) is 1. The topological polar surface area (TPSA) is 114 Å². The minimum absolute atomic E-state index is 0.00561. The van der Waals surface area contributed by atoms with Crippen LogP contribution in [0.15, 0.2) is 18.2 Å². The zero-order valence-corrected chi connectivity index (χ0v) is 17.1. The lowest BCUT2D eigenvalue weighted by molar-refractivity contribution is -0.152. The van der Waals surface area contributed by atoms with Crippen LogP contribution in [0.2, 0.25) is 0 Å². The molecule has 1 aliphatic rings. The van der Waals surface area contributed by atoms with Crippen molar-refractivity contribution in [3.8, 4) is 5.75 Å². The molecule has 2 rings (SSSR count). The molecule has 1 heterocycles. The van der Waals surface area contributed by atoms with Gasteiger partial charge in [0.05, 0.1) is 25.3 Å². The highest BCUT2D eigenvalue weighted by molar-refractivity contribution is 6.00. The van der Waals surface area contributed by atoms with Crippen LogP contribution >= 0.6 is 0 Å². The number of carbonyl (C=O) groups excluding carboxylic acids is 4. The summed E-state index contributed by atoms with van der Waals surface area (Å²) in [6, 6.07) is 5.42. The Morgan fingerprint density at radius 1 is 1.24 bits per heavy atom. The molecule has 0 radical (unpaired) electrons. The van der Waals surface area contributed by atoms with Crippen LogP contribution in [0.3, 0.4) is 0 Å². The van der Waals surface area contributed by atoms with Crippen LogP contribution in [-0.2, 0) is 23.9 Å². The van der Waals surface area contributed by atoms with E-state index in [1.165, 1.54) is 12.0 Å². The number of amides is 3. The fourth-order valence-corrected chi connectivity index (χ4v) is 2.97. The molecule has 1 fully saturated rings. The Balaban J connectivity index is 1.87. The summed E-state index contributed by atoms with van der Waals surface area (Å²) in [5.41, 5.74) is 1.56. The predicted molar refractivity (Wildman–Crippen MR) is 105 cm³/mol. The van der Waals surface area contributed by atoms with Gasteiger partial charge in [-0.15, -0.1) is 0 Å². The zero-order valence-electron chi connectivity index (χ0n) is 17.1. The van der Waals surface area contributed by atoms with Gasteiger partial charge in [0.2, 0.25) is 11.8 Å². The summed E-state index contributed by atoms with van der Waals surface area (Å²) >= 11 is 0. The Morgan fingerprint density at radius 2 is 1.97 bits per heavy atom. The summed E-state index contributed by atoms with van der Waals surface area (Å²) in [7, 11) is 1.51. The largest absolute Gasteiger partial charge is 0.495 e. The van der Waals surface area contributed by atoms with E-state index >= 15 is 0 Å². The first kappa shape index (κ1) is 22.2. The molecule has 0 aliphatic carbocycles. The van der Waals surface area contributed by atoms with Gasteiger partial charge in [0.15, 0.2) is 6.61 Å². The first-order valence-electron chi connectivity index (χ1n) is 9.39. The van der Waals surface area contributed by atoms with Gasteiger partial charge in [-0.05, 0) is 38.5 Å². The molecule has 9 heteroatoms. The summed E-state index contributed by atoms with van der Waals surface area (Å²) in [5, 5.41) is 5.01. The molecule has 29 heavy (non-hydrogen) atoms. The zero-order chi connectivity index (χ0) is 21.6. The first-order chi connectivity index (χ1) is 13.7. The smallest absolute Gasteiger partial charge is 0.311 e. The Labute approximate surface area is 169 Å². The van der Waals surface area contributed by atoms with Crippen LogP contribution in [0.25, 0.3) is 0 Å². The highest BCUT2D eigenvalue weighted by atomic mass is 16.5. The van der Waals surface area contributed by atoms with Gasteiger partial charge in [0.1, 0.15) is 5.75 Å². The maximum Gasteiger partial charge on any atom is 0.311 e. The van der Waals surface area contributed by atoms with Crippen molar-refractivity contribution in [2.24, 2.45) is 5.92 Å². The molecule has 0 aromatic heterocycles. The molecule has 1 aromatic rings. The summed E-state index contributed by atoms with van der Waals surface area (Å²) in [4.78, 5) is 49.5. The normalized spacial score (nSPS) is 16.0. The number of carbonyl (C=O) groups is 4. The highest BCUT2D eigenvalue weighted by Crippen LogP contribution is 2.34. The van der Waals surface area contributed by atoms with E-state index in [1.807, 2.05) is 19.1 Å². The number of hydrogen-bond acceptors (Lipinski definition) is 6. The maximum absolute atomic E-state index is 12.4. The molecular formula is C20H27N3O6. The number of ether oxygens (including phenoxy) is 2. The van der Waals surface area contributed by atoms with Crippen LogP contribution in [0.1, 0.15) is 25.8 Å². The van der Waals surface area contributed by atoms with E-state index in [2.05, 4.69) is 10.6 Å². The van der Waals surface area contributed by atoms with Crippen LogP contribution in [0.4, 0.5) is 5.69 Å². The Kier molecular flexibility index (Phi) is 7.58. The summed E-state index contributed by atoms with van der Waals surface area (Å²) < 4.78 is 10.3. The van der Waals surface area contributed by atoms with Gasteiger partial charge in [-0.25, -0.2) is 0 Å². The van der Waals surface area contributed by atoms with Crippen molar-refractivity contribution >= 4 is 29.4 Å². The molecule has 2 N–H and O–H groups in total. The fourth-order valence-electron chi connectivity index (χ4n) is 2.97. The van der Waals surface area contributed by atoms with Gasteiger partial charge in [-0.1, -0.05) is 6.07 Å². The summed E-state index contributed by atoms with van der Waals surface area (Å²) in [6.45, 7) is 4.95. The SMILES string of the molecule is COc1ccc(C)cc1N1C[C@@H](C(=O)OCC(=O)NCC(=O)NC(C)C)CC1=O. The van der Waals surface area contributed by atoms with E-state index < -0.39 is 24.4 Å². The van der Waals surface area contributed by atoms with Gasteiger partial charge >= 0.3 is 5.97 Å². The second kappa shape index (κ2) is 9.90. The third kappa shape index (κ3) is 6.20. The number of methoxy groups -OCH3 is 1. The average Bonchev–Trinajstić information content (AvgIpc) is 3.05. The second-order valence-electron chi connectivity index (χ2n) is 7.19.